The van der Waals surface area contributed by atoms with Crippen LogP contribution in [0.3, 0.4) is 0 Å². The number of carboxylic acids is 1. The van der Waals surface area contributed by atoms with Crippen LogP contribution in [-0.2, 0) is 4.79 Å². The number of hydrogen-bond acceptors (Lipinski definition) is 2. The Morgan fingerprint density at radius 3 is 2.65 bits per heavy atom. The third-order valence-corrected chi connectivity index (χ3v) is 3.55. The average Bonchev–Trinajstić information content (AvgIpc) is 2.33. The molecule has 17 heavy (non-hydrogen) atoms. The molecular formula is C13H16ClNO2. The van der Waals surface area contributed by atoms with E-state index >= 15 is 0 Å². The second-order valence-corrected chi connectivity index (χ2v) is 4.91. The summed E-state index contributed by atoms with van der Waals surface area (Å²) in [4.78, 5) is 11.4. The lowest BCUT2D eigenvalue weighted by atomic mass is 9.81. The van der Waals surface area contributed by atoms with E-state index in [0.29, 0.717) is 5.02 Å². The Labute approximate surface area is 106 Å². The predicted octanol–water partition coefficient (Wildman–Crippen LogP) is 2.51. The van der Waals surface area contributed by atoms with Gasteiger partial charge in [-0.3, -0.25) is 4.79 Å². The number of aliphatic carboxylic acids is 1. The van der Waals surface area contributed by atoms with E-state index < -0.39 is 11.9 Å². The van der Waals surface area contributed by atoms with Gasteiger partial charge >= 0.3 is 5.97 Å². The number of nitrogens with one attached hydrogen (secondary N) is 1. The van der Waals surface area contributed by atoms with Crippen LogP contribution in [0.4, 0.5) is 0 Å². The van der Waals surface area contributed by atoms with Crippen molar-refractivity contribution < 1.29 is 9.90 Å². The summed E-state index contributed by atoms with van der Waals surface area (Å²) in [5.74, 6) is -1.01. The Hall–Kier alpha value is -1.06. The van der Waals surface area contributed by atoms with Crippen molar-refractivity contribution in [2.24, 2.45) is 5.92 Å². The fraction of sp³-hybridized carbons (Fsp3) is 0.462. The smallest absolute Gasteiger partial charge is 0.311 e. The fourth-order valence-corrected chi connectivity index (χ4v) is 2.58. The zero-order chi connectivity index (χ0) is 12.3. The van der Waals surface area contributed by atoms with Crippen molar-refractivity contribution in [3.63, 3.8) is 0 Å². The molecule has 2 N–H and O–H groups in total. The highest BCUT2D eigenvalue weighted by Gasteiger charge is 2.30. The molecule has 92 valence electrons. The van der Waals surface area contributed by atoms with Crippen LogP contribution in [0.2, 0.25) is 5.02 Å². The molecule has 1 fully saturated rings. The van der Waals surface area contributed by atoms with Gasteiger partial charge in [-0.1, -0.05) is 23.7 Å². The average molecular weight is 254 g/mol. The van der Waals surface area contributed by atoms with E-state index in [1.165, 1.54) is 0 Å². The van der Waals surface area contributed by atoms with E-state index in [9.17, 15) is 9.90 Å². The molecule has 1 aromatic carbocycles. The van der Waals surface area contributed by atoms with Crippen LogP contribution in [0, 0.1) is 5.92 Å². The topological polar surface area (TPSA) is 49.3 Å². The normalized spacial score (nSPS) is 22.1. The molecule has 2 atom stereocenters. The summed E-state index contributed by atoms with van der Waals surface area (Å²) in [6.07, 6.45) is 2.01. The molecule has 1 aromatic rings. The maximum atomic E-state index is 11.4. The highest BCUT2D eigenvalue weighted by atomic mass is 35.5. The van der Waals surface area contributed by atoms with Crippen molar-refractivity contribution in [1.29, 1.82) is 0 Å². The van der Waals surface area contributed by atoms with Crippen LogP contribution in [0.5, 0.6) is 0 Å². The van der Waals surface area contributed by atoms with E-state index in [4.69, 9.17) is 11.6 Å². The van der Waals surface area contributed by atoms with E-state index in [1.807, 2.05) is 12.1 Å². The number of carbonyl (C=O) groups is 1. The molecule has 0 aromatic heterocycles. The minimum absolute atomic E-state index is 0.169. The second kappa shape index (κ2) is 5.52. The van der Waals surface area contributed by atoms with Crippen molar-refractivity contribution in [2.45, 2.75) is 18.8 Å². The van der Waals surface area contributed by atoms with Crippen LogP contribution < -0.4 is 5.32 Å². The van der Waals surface area contributed by atoms with Gasteiger partial charge in [0, 0.05) is 5.02 Å². The molecule has 0 spiro atoms. The molecule has 0 aliphatic carbocycles. The van der Waals surface area contributed by atoms with Gasteiger partial charge in [0.15, 0.2) is 0 Å². The van der Waals surface area contributed by atoms with Gasteiger partial charge in [-0.05, 0) is 49.5 Å². The number of rotatable bonds is 3. The van der Waals surface area contributed by atoms with Crippen LogP contribution in [0.15, 0.2) is 24.3 Å². The summed E-state index contributed by atoms with van der Waals surface area (Å²) in [6, 6.07) is 7.14. The summed E-state index contributed by atoms with van der Waals surface area (Å²) in [7, 11) is 0. The first-order chi connectivity index (χ1) is 8.18. The molecule has 3 nitrogen and oxygen atoms in total. The monoisotopic (exact) mass is 253 g/mol. The molecule has 0 bridgehead atoms. The van der Waals surface area contributed by atoms with E-state index in [-0.39, 0.29) is 5.92 Å². The molecule has 0 saturated carbocycles. The van der Waals surface area contributed by atoms with Crippen molar-refractivity contribution in [2.75, 3.05) is 13.1 Å². The molecule has 4 heteroatoms. The van der Waals surface area contributed by atoms with Crippen LogP contribution in [0.1, 0.15) is 24.3 Å². The Balaban J connectivity index is 2.21. The fourth-order valence-electron chi connectivity index (χ4n) is 2.45. The van der Waals surface area contributed by atoms with Gasteiger partial charge in [0.2, 0.25) is 0 Å². The minimum Gasteiger partial charge on any atom is -0.481 e. The van der Waals surface area contributed by atoms with Gasteiger partial charge in [-0.25, -0.2) is 0 Å². The first kappa shape index (κ1) is 12.4. The number of benzene rings is 1. The van der Waals surface area contributed by atoms with Gasteiger partial charge < -0.3 is 10.4 Å². The maximum absolute atomic E-state index is 11.4. The third kappa shape index (κ3) is 2.99. The first-order valence-corrected chi connectivity index (χ1v) is 6.25. The van der Waals surface area contributed by atoms with Gasteiger partial charge in [-0.15, -0.1) is 0 Å². The van der Waals surface area contributed by atoms with Crippen molar-refractivity contribution in [3.8, 4) is 0 Å². The summed E-state index contributed by atoms with van der Waals surface area (Å²) in [5, 5.41) is 13.3. The summed E-state index contributed by atoms with van der Waals surface area (Å²) < 4.78 is 0. The first-order valence-electron chi connectivity index (χ1n) is 5.87. The second-order valence-electron chi connectivity index (χ2n) is 4.47. The number of halogens is 1. The number of carboxylic acid groups (broad SMARTS) is 1. The van der Waals surface area contributed by atoms with Gasteiger partial charge in [0.25, 0.3) is 0 Å². The predicted molar refractivity (Wildman–Crippen MR) is 67.4 cm³/mol. The lowest BCUT2D eigenvalue weighted by Gasteiger charge is -2.28. The lowest BCUT2D eigenvalue weighted by molar-refractivity contribution is -0.140. The summed E-state index contributed by atoms with van der Waals surface area (Å²) in [5.41, 5.74) is 0.843. The number of piperidine rings is 1. The Kier molecular flexibility index (Phi) is 4.02. The molecule has 0 radical (unpaired) electrons. The van der Waals surface area contributed by atoms with Gasteiger partial charge in [-0.2, -0.15) is 0 Å². The zero-order valence-corrected chi connectivity index (χ0v) is 10.3. The van der Waals surface area contributed by atoms with E-state index in [0.717, 1.165) is 31.5 Å². The standard InChI is InChI=1S/C13H16ClNO2/c14-11-5-3-9(4-6-11)12(13(16)17)10-2-1-7-15-8-10/h3-6,10,12,15H,1-2,7-8H2,(H,16,17). The molecule has 1 saturated heterocycles. The van der Waals surface area contributed by atoms with Crippen molar-refractivity contribution >= 4 is 17.6 Å². The quantitative estimate of drug-likeness (QED) is 0.870. The van der Waals surface area contributed by atoms with E-state index in [1.54, 1.807) is 12.1 Å². The Morgan fingerprint density at radius 1 is 1.41 bits per heavy atom. The molecule has 1 aliphatic rings. The zero-order valence-electron chi connectivity index (χ0n) is 9.53. The third-order valence-electron chi connectivity index (χ3n) is 3.30. The number of hydrogen-bond donors (Lipinski definition) is 2. The van der Waals surface area contributed by atoms with Gasteiger partial charge in [0.1, 0.15) is 0 Å². The molecule has 1 aliphatic heterocycles. The van der Waals surface area contributed by atoms with E-state index in [2.05, 4.69) is 5.32 Å². The van der Waals surface area contributed by atoms with Crippen LogP contribution >= 0.6 is 11.6 Å². The summed E-state index contributed by atoms with van der Waals surface area (Å²) in [6.45, 7) is 1.77. The highest BCUT2D eigenvalue weighted by Crippen LogP contribution is 2.30. The Morgan fingerprint density at radius 2 is 2.12 bits per heavy atom. The minimum atomic E-state index is -0.749. The summed E-state index contributed by atoms with van der Waals surface area (Å²) >= 11 is 5.82. The van der Waals surface area contributed by atoms with Crippen molar-refractivity contribution in [1.82, 2.24) is 5.32 Å². The molecule has 1 heterocycles. The largest absolute Gasteiger partial charge is 0.481 e. The Bertz CT molecular complexity index is 385. The van der Waals surface area contributed by atoms with Gasteiger partial charge in [0.05, 0.1) is 5.92 Å². The SMILES string of the molecule is O=C(O)C(c1ccc(Cl)cc1)C1CCCNC1. The molecular weight excluding hydrogens is 238 g/mol. The maximum Gasteiger partial charge on any atom is 0.311 e. The lowest BCUT2D eigenvalue weighted by Crippen LogP contribution is -2.36. The highest BCUT2D eigenvalue weighted by molar-refractivity contribution is 6.30. The molecule has 2 rings (SSSR count). The molecule has 0 amide bonds. The van der Waals surface area contributed by atoms with Crippen molar-refractivity contribution in [3.05, 3.63) is 34.9 Å². The van der Waals surface area contributed by atoms with Crippen LogP contribution in [-0.4, -0.2) is 24.2 Å². The van der Waals surface area contributed by atoms with Crippen LogP contribution in [0.25, 0.3) is 0 Å². The molecule has 2 unspecified atom stereocenters.